The van der Waals surface area contributed by atoms with Crippen molar-refractivity contribution in [1.82, 2.24) is 9.97 Å². The maximum Gasteiger partial charge on any atom is 0.338 e. The van der Waals surface area contributed by atoms with E-state index in [1.807, 2.05) is 38.1 Å². The fraction of sp³-hybridized carbons (Fsp3) is 0.174. The number of anilines is 2. The first kappa shape index (κ1) is 20.5. The van der Waals surface area contributed by atoms with Gasteiger partial charge in [0.2, 0.25) is 0 Å². The summed E-state index contributed by atoms with van der Waals surface area (Å²) in [7, 11) is 0. The molecule has 0 saturated heterocycles. The molecule has 2 aromatic heterocycles. The molecule has 0 saturated carbocycles. The molecular weight excluding hydrogens is 462 g/mol. The van der Waals surface area contributed by atoms with E-state index in [0.717, 1.165) is 37.3 Å². The number of ether oxygens (including phenoxy) is 1. The number of fused-ring (bicyclic) bond motifs is 1. The van der Waals surface area contributed by atoms with Crippen LogP contribution in [0.5, 0.6) is 0 Å². The number of carbonyl (C=O) groups excluding carboxylic acids is 1. The summed E-state index contributed by atoms with van der Waals surface area (Å²) in [4.78, 5) is 21.9. The number of halogens is 1. The highest BCUT2D eigenvalue weighted by Gasteiger charge is 2.14. The van der Waals surface area contributed by atoms with Crippen LogP contribution in [0.2, 0.25) is 0 Å². The first-order valence-electron chi connectivity index (χ1n) is 9.53. The molecule has 152 valence electrons. The van der Waals surface area contributed by atoms with Crippen LogP contribution in [0.15, 0.2) is 64.7 Å². The summed E-state index contributed by atoms with van der Waals surface area (Å²) in [6.45, 7) is 4.43. The van der Waals surface area contributed by atoms with Crippen molar-refractivity contribution in [3.05, 3.63) is 70.3 Å². The van der Waals surface area contributed by atoms with Crippen LogP contribution in [-0.4, -0.2) is 22.5 Å². The van der Waals surface area contributed by atoms with E-state index in [2.05, 4.69) is 48.7 Å². The van der Waals surface area contributed by atoms with E-state index < -0.39 is 0 Å². The van der Waals surface area contributed by atoms with Crippen molar-refractivity contribution in [1.29, 1.82) is 0 Å². The van der Waals surface area contributed by atoms with Gasteiger partial charge in [-0.25, -0.2) is 14.8 Å². The van der Waals surface area contributed by atoms with Gasteiger partial charge in [0.25, 0.3) is 0 Å². The van der Waals surface area contributed by atoms with Gasteiger partial charge in [-0.1, -0.05) is 41.9 Å². The Bertz CT molecular complexity index is 1170. The molecule has 0 aliphatic heterocycles. The zero-order valence-corrected chi connectivity index (χ0v) is 19.0. The second kappa shape index (κ2) is 8.93. The third kappa shape index (κ3) is 4.52. The van der Waals surface area contributed by atoms with Crippen LogP contribution in [0.3, 0.4) is 0 Å². The Balaban J connectivity index is 1.60. The Hall–Kier alpha value is -2.77. The lowest BCUT2D eigenvalue weighted by molar-refractivity contribution is 0.0459. The zero-order chi connectivity index (χ0) is 21.1. The fourth-order valence-corrected chi connectivity index (χ4v) is 4.14. The average Bonchev–Trinajstić information content (AvgIpc) is 3.18. The molecule has 0 radical (unpaired) electrons. The van der Waals surface area contributed by atoms with Crippen molar-refractivity contribution in [2.45, 2.75) is 13.8 Å². The molecule has 4 rings (SSSR count). The predicted octanol–water partition coefficient (Wildman–Crippen LogP) is 6.68. The van der Waals surface area contributed by atoms with Gasteiger partial charge in [-0.3, -0.25) is 0 Å². The third-order valence-electron chi connectivity index (χ3n) is 4.46. The molecule has 2 aromatic carbocycles. The molecule has 0 unspecified atom stereocenters. The molecule has 0 amide bonds. The number of aromatic nitrogens is 2. The molecule has 7 heteroatoms. The summed E-state index contributed by atoms with van der Waals surface area (Å²) in [5.74, 6) is 0.727. The van der Waals surface area contributed by atoms with E-state index in [4.69, 9.17) is 4.74 Å². The third-order valence-corrected chi connectivity index (χ3v) is 5.87. The molecular formula is C23H20BrN3O2S. The molecule has 2 heterocycles. The molecule has 4 aromatic rings. The van der Waals surface area contributed by atoms with Crippen molar-refractivity contribution in [2.75, 3.05) is 11.9 Å². The fourth-order valence-electron chi connectivity index (χ4n) is 2.96. The van der Waals surface area contributed by atoms with Gasteiger partial charge in [-0.05, 0) is 47.9 Å². The first-order chi connectivity index (χ1) is 14.5. The van der Waals surface area contributed by atoms with Crippen molar-refractivity contribution in [3.63, 3.8) is 0 Å². The van der Waals surface area contributed by atoms with Crippen LogP contribution in [0, 0.1) is 5.92 Å². The van der Waals surface area contributed by atoms with Crippen molar-refractivity contribution < 1.29 is 9.53 Å². The second-order valence-corrected chi connectivity index (χ2v) is 9.03. The van der Waals surface area contributed by atoms with Crippen LogP contribution in [0.4, 0.5) is 11.5 Å². The van der Waals surface area contributed by atoms with Gasteiger partial charge < -0.3 is 10.1 Å². The van der Waals surface area contributed by atoms with Gasteiger partial charge in [0.15, 0.2) is 0 Å². The molecule has 1 N–H and O–H groups in total. The van der Waals surface area contributed by atoms with E-state index in [9.17, 15) is 4.79 Å². The van der Waals surface area contributed by atoms with Crippen LogP contribution < -0.4 is 5.32 Å². The smallest absolute Gasteiger partial charge is 0.338 e. The Morgan fingerprint density at radius 3 is 2.53 bits per heavy atom. The number of nitrogens with zero attached hydrogens (tertiary/aromatic N) is 2. The van der Waals surface area contributed by atoms with Crippen LogP contribution in [0.1, 0.15) is 24.2 Å². The lowest BCUT2D eigenvalue weighted by Crippen LogP contribution is -2.10. The highest BCUT2D eigenvalue weighted by molar-refractivity contribution is 9.10. The minimum Gasteiger partial charge on any atom is -0.462 e. The minimum absolute atomic E-state index is 0.306. The number of thiophene rings is 1. The summed E-state index contributed by atoms with van der Waals surface area (Å²) >= 11 is 5.07. The summed E-state index contributed by atoms with van der Waals surface area (Å²) < 4.78 is 6.32. The Labute approximate surface area is 187 Å². The molecule has 0 spiro atoms. The highest BCUT2D eigenvalue weighted by atomic mass is 79.9. The van der Waals surface area contributed by atoms with Gasteiger partial charge in [0.05, 0.1) is 17.6 Å². The number of carbonyl (C=O) groups is 1. The van der Waals surface area contributed by atoms with Gasteiger partial charge >= 0.3 is 5.97 Å². The van der Waals surface area contributed by atoms with Crippen molar-refractivity contribution >= 4 is 55.0 Å². The maximum atomic E-state index is 12.1. The Kier molecular flexibility index (Phi) is 6.11. The molecule has 30 heavy (non-hydrogen) atoms. The average molecular weight is 482 g/mol. The largest absolute Gasteiger partial charge is 0.462 e. The number of benzene rings is 2. The molecule has 5 nitrogen and oxygen atoms in total. The molecule has 0 atom stereocenters. The van der Waals surface area contributed by atoms with E-state index >= 15 is 0 Å². The number of esters is 1. The zero-order valence-electron chi connectivity index (χ0n) is 16.6. The predicted molar refractivity (Wildman–Crippen MR) is 125 cm³/mol. The number of rotatable bonds is 6. The monoisotopic (exact) mass is 481 g/mol. The van der Waals surface area contributed by atoms with E-state index in [0.29, 0.717) is 18.1 Å². The normalized spacial score (nSPS) is 11.1. The van der Waals surface area contributed by atoms with Gasteiger partial charge in [-0.2, -0.15) is 0 Å². The summed E-state index contributed by atoms with van der Waals surface area (Å²) in [6, 6.07) is 15.4. The molecule has 0 aliphatic carbocycles. The standard InChI is InChI=1S/C23H20BrN3O2S/c1-14(2)11-29-23(28)16-5-9-18(10-6-16)27-21-20-19(12-30-22(20)26-13-25-21)15-3-7-17(24)8-4-15/h3-10,12-14H,11H2,1-2H3,(H,25,26,27). The van der Waals surface area contributed by atoms with Gasteiger partial charge in [0, 0.05) is 21.1 Å². The van der Waals surface area contributed by atoms with Crippen molar-refractivity contribution in [2.24, 2.45) is 5.92 Å². The number of nitrogens with one attached hydrogen (secondary N) is 1. The van der Waals surface area contributed by atoms with Crippen LogP contribution in [0.25, 0.3) is 21.3 Å². The summed E-state index contributed by atoms with van der Waals surface area (Å²) in [5.41, 5.74) is 3.55. The van der Waals surface area contributed by atoms with E-state index in [1.54, 1.807) is 29.8 Å². The SMILES string of the molecule is CC(C)COC(=O)c1ccc(Nc2ncnc3scc(-c4ccc(Br)cc4)c23)cc1. The van der Waals surface area contributed by atoms with Crippen molar-refractivity contribution in [3.8, 4) is 11.1 Å². The number of hydrogen-bond donors (Lipinski definition) is 1. The first-order valence-corrected chi connectivity index (χ1v) is 11.2. The molecule has 0 fully saturated rings. The quantitative estimate of drug-likeness (QED) is 0.311. The van der Waals surface area contributed by atoms with Crippen LogP contribution in [-0.2, 0) is 4.74 Å². The van der Waals surface area contributed by atoms with E-state index in [1.165, 1.54) is 0 Å². The molecule has 0 bridgehead atoms. The van der Waals surface area contributed by atoms with E-state index in [-0.39, 0.29) is 5.97 Å². The summed E-state index contributed by atoms with van der Waals surface area (Å²) in [5, 5.41) is 6.44. The Morgan fingerprint density at radius 2 is 1.83 bits per heavy atom. The highest BCUT2D eigenvalue weighted by Crippen LogP contribution is 2.37. The maximum absolute atomic E-state index is 12.1. The Morgan fingerprint density at radius 1 is 1.10 bits per heavy atom. The second-order valence-electron chi connectivity index (χ2n) is 7.25. The summed E-state index contributed by atoms with van der Waals surface area (Å²) in [6.07, 6.45) is 1.56. The van der Waals surface area contributed by atoms with Gasteiger partial charge in [0.1, 0.15) is 17.0 Å². The molecule has 0 aliphatic rings. The van der Waals surface area contributed by atoms with Gasteiger partial charge in [-0.15, -0.1) is 11.3 Å². The topological polar surface area (TPSA) is 64.1 Å². The number of hydrogen-bond acceptors (Lipinski definition) is 6. The minimum atomic E-state index is -0.310. The lowest BCUT2D eigenvalue weighted by atomic mass is 10.1. The lowest BCUT2D eigenvalue weighted by Gasteiger charge is -2.10. The van der Waals surface area contributed by atoms with Crippen LogP contribution >= 0.6 is 27.3 Å².